The molecule has 1 heterocycles. The molecule has 0 aliphatic rings. The number of aryl methyl sites for hydroxylation is 2. The fourth-order valence-electron chi connectivity index (χ4n) is 3.04. The number of nitrogens with one attached hydrogen (secondary N) is 2. The van der Waals surface area contributed by atoms with E-state index in [9.17, 15) is 22.8 Å². The molecule has 0 radical (unpaired) electrons. The first-order chi connectivity index (χ1) is 16.1. The Kier molecular flexibility index (Phi) is 7.69. The SMILES string of the molecule is CCOC(=O)Nc1ccc2c(COC(=O)CNS(=O)(=O)c3ccc(C)c(C)c3)cc(=O)oc2c1. The number of esters is 1. The Morgan fingerprint density at radius 3 is 2.47 bits per heavy atom. The summed E-state index contributed by atoms with van der Waals surface area (Å²) in [7, 11) is -3.90. The number of fused-ring (bicyclic) bond motifs is 1. The van der Waals surface area contributed by atoms with Crippen LogP contribution in [0.15, 0.2) is 56.6 Å². The summed E-state index contributed by atoms with van der Waals surface area (Å²) in [4.78, 5) is 35.7. The molecule has 3 aromatic rings. The predicted octanol–water partition coefficient (Wildman–Crippen LogP) is 3.00. The molecule has 0 saturated heterocycles. The minimum Gasteiger partial charge on any atom is -0.460 e. The molecule has 0 aliphatic carbocycles. The van der Waals surface area contributed by atoms with Crippen LogP contribution in [0.25, 0.3) is 11.0 Å². The molecule has 0 spiro atoms. The summed E-state index contributed by atoms with van der Waals surface area (Å²) in [6.45, 7) is 4.66. The van der Waals surface area contributed by atoms with E-state index < -0.39 is 34.3 Å². The highest BCUT2D eigenvalue weighted by Gasteiger charge is 2.17. The average molecular weight is 489 g/mol. The molecule has 34 heavy (non-hydrogen) atoms. The summed E-state index contributed by atoms with van der Waals surface area (Å²) in [6, 6.07) is 10.4. The molecule has 0 atom stereocenters. The fraction of sp³-hybridized carbons (Fsp3) is 0.261. The number of rotatable bonds is 8. The molecule has 1 aromatic heterocycles. The van der Waals surface area contributed by atoms with Gasteiger partial charge in [-0.1, -0.05) is 6.07 Å². The molecule has 2 aromatic carbocycles. The lowest BCUT2D eigenvalue weighted by Gasteiger charge is -2.10. The number of amides is 1. The van der Waals surface area contributed by atoms with Crippen molar-refractivity contribution in [1.29, 1.82) is 0 Å². The number of carbonyl (C=O) groups excluding carboxylic acids is 2. The molecule has 10 nitrogen and oxygen atoms in total. The van der Waals surface area contributed by atoms with Gasteiger partial charge in [-0.2, -0.15) is 4.72 Å². The van der Waals surface area contributed by atoms with Gasteiger partial charge in [-0.05, 0) is 56.2 Å². The highest BCUT2D eigenvalue weighted by atomic mass is 32.2. The van der Waals surface area contributed by atoms with Crippen molar-refractivity contribution < 1.29 is 31.9 Å². The van der Waals surface area contributed by atoms with Crippen molar-refractivity contribution >= 4 is 38.7 Å². The third-order valence-electron chi connectivity index (χ3n) is 4.94. The molecule has 0 saturated carbocycles. The fourth-order valence-corrected chi connectivity index (χ4v) is 4.09. The zero-order valence-electron chi connectivity index (χ0n) is 18.8. The minimum atomic E-state index is -3.90. The van der Waals surface area contributed by atoms with Gasteiger partial charge in [0.25, 0.3) is 0 Å². The smallest absolute Gasteiger partial charge is 0.411 e. The average Bonchev–Trinajstić information content (AvgIpc) is 2.77. The molecule has 2 N–H and O–H groups in total. The third kappa shape index (κ3) is 6.21. The van der Waals surface area contributed by atoms with Crippen LogP contribution in [-0.2, 0) is 30.9 Å². The van der Waals surface area contributed by atoms with Crippen molar-refractivity contribution in [2.24, 2.45) is 0 Å². The van der Waals surface area contributed by atoms with Crippen molar-refractivity contribution in [3.8, 4) is 0 Å². The molecule has 180 valence electrons. The molecular weight excluding hydrogens is 464 g/mol. The van der Waals surface area contributed by atoms with Gasteiger partial charge in [-0.25, -0.2) is 18.0 Å². The van der Waals surface area contributed by atoms with Crippen molar-refractivity contribution in [1.82, 2.24) is 4.72 Å². The molecule has 3 rings (SSSR count). The lowest BCUT2D eigenvalue weighted by atomic mass is 10.1. The summed E-state index contributed by atoms with van der Waals surface area (Å²) in [5.74, 6) is -0.825. The number of ether oxygens (including phenoxy) is 2. The van der Waals surface area contributed by atoms with Crippen molar-refractivity contribution in [2.75, 3.05) is 18.5 Å². The standard InChI is InChI=1S/C23H24N2O8S/c1-4-31-23(28)25-17-6-8-19-16(10-21(26)33-20(19)11-17)13-32-22(27)12-24-34(29,30)18-7-5-14(2)15(3)9-18/h5-11,24H,4,12-13H2,1-3H3,(H,25,28). The maximum absolute atomic E-state index is 12.4. The van der Waals surface area contributed by atoms with Crippen LogP contribution >= 0.6 is 0 Å². The Hall–Kier alpha value is -3.70. The largest absolute Gasteiger partial charge is 0.460 e. The van der Waals surface area contributed by atoms with Crippen LogP contribution in [0.5, 0.6) is 0 Å². The molecule has 11 heteroatoms. The molecular formula is C23H24N2O8S. The van der Waals surface area contributed by atoms with Crippen LogP contribution in [0, 0.1) is 13.8 Å². The summed E-state index contributed by atoms with van der Waals surface area (Å²) in [5, 5.41) is 2.99. The van der Waals surface area contributed by atoms with Crippen LogP contribution in [-0.4, -0.2) is 33.6 Å². The van der Waals surface area contributed by atoms with E-state index in [4.69, 9.17) is 13.9 Å². The van der Waals surface area contributed by atoms with Crippen molar-refractivity contribution in [3.05, 3.63) is 69.6 Å². The number of hydrogen-bond acceptors (Lipinski definition) is 8. The second-order valence-electron chi connectivity index (χ2n) is 7.38. The second-order valence-corrected chi connectivity index (χ2v) is 9.15. The van der Waals surface area contributed by atoms with Gasteiger partial charge in [0.15, 0.2) is 0 Å². The first-order valence-electron chi connectivity index (χ1n) is 10.3. The van der Waals surface area contributed by atoms with Crippen LogP contribution < -0.4 is 15.7 Å². The van der Waals surface area contributed by atoms with Crippen molar-refractivity contribution in [2.45, 2.75) is 32.3 Å². The lowest BCUT2D eigenvalue weighted by Crippen LogP contribution is -2.30. The first kappa shape index (κ1) is 24.9. The molecule has 0 bridgehead atoms. The summed E-state index contributed by atoms with van der Waals surface area (Å²) in [5.41, 5.74) is 1.96. The van der Waals surface area contributed by atoms with E-state index in [1.165, 1.54) is 24.3 Å². The maximum Gasteiger partial charge on any atom is 0.411 e. The first-order valence-corrected chi connectivity index (χ1v) is 11.8. The number of sulfonamides is 1. The Morgan fingerprint density at radius 1 is 1.00 bits per heavy atom. The molecule has 0 aliphatic heterocycles. The van der Waals surface area contributed by atoms with E-state index in [1.54, 1.807) is 32.0 Å². The minimum absolute atomic E-state index is 0.0438. The molecule has 0 fully saturated rings. The summed E-state index contributed by atoms with van der Waals surface area (Å²) < 4.78 is 42.2. The summed E-state index contributed by atoms with van der Waals surface area (Å²) in [6.07, 6.45) is -0.655. The van der Waals surface area contributed by atoms with Gasteiger partial charge in [0.2, 0.25) is 10.0 Å². The second kappa shape index (κ2) is 10.5. The quantitative estimate of drug-likeness (QED) is 0.364. The van der Waals surface area contributed by atoms with E-state index in [0.29, 0.717) is 16.6 Å². The van der Waals surface area contributed by atoms with Gasteiger partial charge < -0.3 is 13.9 Å². The highest BCUT2D eigenvalue weighted by molar-refractivity contribution is 7.89. The molecule has 1 amide bonds. The van der Waals surface area contributed by atoms with E-state index in [0.717, 1.165) is 11.1 Å². The zero-order chi connectivity index (χ0) is 24.9. The maximum atomic E-state index is 12.4. The third-order valence-corrected chi connectivity index (χ3v) is 6.33. The van der Waals surface area contributed by atoms with Crippen LogP contribution in [0.2, 0.25) is 0 Å². The zero-order valence-corrected chi connectivity index (χ0v) is 19.7. The van der Waals surface area contributed by atoms with Crippen LogP contribution in [0.1, 0.15) is 23.6 Å². The molecule has 0 unspecified atom stereocenters. The van der Waals surface area contributed by atoms with Crippen molar-refractivity contribution in [3.63, 3.8) is 0 Å². The normalized spacial score (nSPS) is 11.3. The summed E-state index contributed by atoms with van der Waals surface area (Å²) >= 11 is 0. The monoisotopic (exact) mass is 488 g/mol. The number of hydrogen-bond donors (Lipinski definition) is 2. The number of anilines is 1. The Bertz CT molecular complexity index is 1400. The topological polar surface area (TPSA) is 141 Å². The number of carbonyl (C=O) groups is 2. The van der Waals surface area contributed by atoms with Crippen LogP contribution in [0.4, 0.5) is 10.5 Å². The van der Waals surface area contributed by atoms with Gasteiger partial charge in [-0.3, -0.25) is 10.1 Å². The van der Waals surface area contributed by atoms with E-state index >= 15 is 0 Å². The predicted molar refractivity (Wildman–Crippen MR) is 124 cm³/mol. The Labute approximate surface area is 195 Å². The Balaban J connectivity index is 1.67. The van der Waals surface area contributed by atoms with Gasteiger partial charge >= 0.3 is 17.7 Å². The lowest BCUT2D eigenvalue weighted by molar-refractivity contribution is -0.143. The van der Waals surface area contributed by atoms with E-state index in [-0.39, 0.29) is 23.7 Å². The van der Waals surface area contributed by atoms with E-state index in [2.05, 4.69) is 10.0 Å². The van der Waals surface area contributed by atoms with Gasteiger partial charge in [0.1, 0.15) is 18.7 Å². The van der Waals surface area contributed by atoms with E-state index in [1.807, 2.05) is 6.92 Å². The van der Waals surface area contributed by atoms with Gasteiger partial charge in [0, 0.05) is 28.8 Å². The highest BCUT2D eigenvalue weighted by Crippen LogP contribution is 2.22. The van der Waals surface area contributed by atoms with Gasteiger partial charge in [0.05, 0.1) is 11.5 Å². The van der Waals surface area contributed by atoms with Gasteiger partial charge in [-0.15, -0.1) is 0 Å². The van der Waals surface area contributed by atoms with Crippen LogP contribution in [0.3, 0.4) is 0 Å². The Morgan fingerprint density at radius 2 is 1.76 bits per heavy atom. The number of benzene rings is 2.